The zero-order valence-electron chi connectivity index (χ0n) is 29.4. The average Bonchev–Trinajstić information content (AvgIpc) is 3.69. The molecule has 0 spiro atoms. The Bertz CT molecular complexity index is 1910. The second kappa shape index (κ2) is 16.8. The summed E-state index contributed by atoms with van der Waals surface area (Å²) in [4.78, 5) is 68.0. The number of piperazine rings is 1. The van der Waals surface area contributed by atoms with Crippen LogP contribution in [0.25, 0.3) is 10.9 Å². The number of aromatic nitrogens is 2. The summed E-state index contributed by atoms with van der Waals surface area (Å²) in [6.07, 6.45) is 1.17. The van der Waals surface area contributed by atoms with Gasteiger partial charge in [-0.05, 0) is 31.0 Å². The van der Waals surface area contributed by atoms with Gasteiger partial charge in [-0.25, -0.2) is 4.98 Å². The van der Waals surface area contributed by atoms with Gasteiger partial charge in [0.2, 0.25) is 22.9 Å². The first-order chi connectivity index (χ1) is 25.2. The third kappa shape index (κ3) is 8.39. The van der Waals surface area contributed by atoms with Crippen LogP contribution in [0.1, 0.15) is 30.1 Å². The third-order valence-electron chi connectivity index (χ3n) is 9.19. The van der Waals surface area contributed by atoms with Crippen LogP contribution in [0.2, 0.25) is 0 Å². The molecule has 6 rings (SSSR count). The number of rotatable bonds is 12. The number of ether oxygens (including phenoxy) is 3. The molecule has 2 atom stereocenters. The van der Waals surface area contributed by atoms with Crippen LogP contribution in [-0.4, -0.2) is 108 Å². The molecule has 1 aromatic heterocycles. The second-order valence-electron chi connectivity index (χ2n) is 12.6. The van der Waals surface area contributed by atoms with Crippen molar-refractivity contribution in [3.63, 3.8) is 0 Å². The molecule has 4 aromatic rings. The van der Waals surface area contributed by atoms with Crippen LogP contribution in [0.3, 0.4) is 0 Å². The highest BCUT2D eigenvalue weighted by Gasteiger charge is 2.37. The number of amides is 3. The molecule has 272 valence electrons. The zero-order valence-corrected chi connectivity index (χ0v) is 30.3. The molecule has 52 heavy (non-hydrogen) atoms. The molecule has 1 N–H and O–H groups in total. The molecule has 3 aromatic carbocycles. The highest BCUT2D eigenvalue weighted by atomic mass is 32.2. The van der Waals surface area contributed by atoms with Crippen LogP contribution in [0.4, 0.5) is 11.8 Å². The number of fused-ring (bicyclic) bond motifs is 1. The molecular formula is C38H42N6O7S. The van der Waals surface area contributed by atoms with Crippen LogP contribution in [-0.2, 0) is 14.4 Å². The van der Waals surface area contributed by atoms with Gasteiger partial charge < -0.3 is 34.2 Å². The van der Waals surface area contributed by atoms with E-state index in [0.717, 1.165) is 11.8 Å². The maximum Gasteiger partial charge on any atom is 0.260 e. The zero-order chi connectivity index (χ0) is 36.6. The van der Waals surface area contributed by atoms with Gasteiger partial charge >= 0.3 is 0 Å². The number of anilines is 2. The van der Waals surface area contributed by atoms with E-state index in [0.29, 0.717) is 91.0 Å². The lowest BCUT2D eigenvalue weighted by Crippen LogP contribution is -2.50. The van der Waals surface area contributed by atoms with Crippen molar-refractivity contribution in [1.29, 1.82) is 0 Å². The molecule has 0 aliphatic carbocycles. The highest BCUT2D eigenvalue weighted by Crippen LogP contribution is 2.36. The standard InChI is InChI=1S/C38H42N6O7S/c1-25(24-52-37(48)26-11-6-4-7-12-26)36(47)44-16-10-15-30(44)35(46)40-34-28-21-31(49-2)32(50-3)22-29(28)39-38(41-34)43-19-17-42(18-20-43)33(45)23-51-27-13-8-5-9-14-27/h4-9,11-14,21-22,25,30H,10,15-20,23-24H2,1-3H3,(H,39,40,41,46). The lowest BCUT2D eigenvalue weighted by atomic mass is 10.1. The third-order valence-corrected chi connectivity index (χ3v) is 10.4. The molecule has 2 aliphatic rings. The van der Waals surface area contributed by atoms with Gasteiger partial charge in [0, 0.05) is 61.4 Å². The molecule has 3 heterocycles. The Labute approximate surface area is 306 Å². The fraction of sp³-hybridized carbons (Fsp3) is 0.368. The lowest BCUT2D eigenvalue weighted by molar-refractivity contribution is -0.139. The fourth-order valence-electron chi connectivity index (χ4n) is 6.30. The Morgan fingerprint density at radius 3 is 2.25 bits per heavy atom. The molecule has 14 heteroatoms. The topological polar surface area (TPSA) is 144 Å². The van der Waals surface area contributed by atoms with E-state index in [2.05, 4.69) is 5.32 Å². The van der Waals surface area contributed by atoms with Gasteiger partial charge in [-0.3, -0.25) is 19.2 Å². The SMILES string of the molecule is COc1cc2nc(N3CCN(C(=O)COc4ccccc4)CC3)nc(NC(=O)C3CCCN3C(=O)C(C)CSC(=O)c3ccccc3)c2cc1OC. The number of likely N-dealkylation sites (tertiary alicyclic amines) is 1. The molecule has 3 amide bonds. The van der Waals surface area contributed by atoms with Gasteiger partial charge in [0.15, 0.2) is 18.1 Å². The number of hydrogen-bond donors (Lipinski definition) is 1. The number of nitrogens with one attached hydrogen (secondary N) is 1. The highest BCUT2D eigenvalue weighted by molar-refractivity contribution is 8.14. The van der Waals surface area contributed by atoms with Gasteiger partial charge in [-0.15, -0.1) is 0 Å². The summed E-state index contributed by atoms with van der Waals surface area (Å²) in [7, 11) is 3.06. The van der Waals surface area contributed by atoms with Crippen molar-refractivity contribution in [3.05, 3.63) is 78.4 Å². The van der Waals surface area contributed by atoms with Gasteiger partial charge in [0.1, 0.15) is 17.6 Å². The van der Waals surface area contributed by atoms with Gasteiger partial charge in [0.05, 0.1) is 19.7 Å². The maximum absolute atomic E-state index is 13.9. The molecule has 0 bridgehead atoms. The Balaban J connectivity index is 1.16. The van der Waals surface area contributed by atoms with Crippen LogP contribution < -0.4 is 24.4 Å². The molecule has 2 aliphatic heterocycles. The van der Waals surface area contributed by atoms with Crippen molar-refractivity contribution >= 4 is 57.3 Å². The smallest absolute Gasteiger partial charge is 0.260 e. The van der Waals surface area contributed by atoms with E-state index in [-0.39, 0.29) is 35.3 Å². The minimum absolute atomic E-state index is 0.0571. The van der Waals surface area contributed by atoms with E-state index in [4.69, 9.17) is 24.2 Å². The minimum atomic E-state index is -0.703. The number of thioether (sulfide) groups is 1. The molecular weight excluding hydrogens is 685 g/mol. The van der Waals surface area contributed by atoms with Crippen LogP contribution in [0, 0.1) is 5.92 Å². The number of hydrogen-bond acceptors (Lipinski definition) is 11. The molecule has 2 fully saturated rings. The number of carbonyl (C=O) groups excluding carboxylic acids is 4. The van der Waals surface area contributed by atoms with E-state index >= 15 is 0 Å². The summed E-state index contributed by atoms with van der Waals surface area (Å²) in [5.74, 6) is 1.40. The van der Waals surface area contributed by atoms with Crippen molar-refractivity contribution in [2.45, 2.75) is 25.8 Å². The number of nitrogens with zero attached hydrogens (tertiary/aromatic N) is 5. The van der Waals surface area contributed by atoms with Crippen molar-refractivity contribution in [1.82, 2.24) is 19.8 Å². The Morgan fingerprint density at radius 1 is 0.885 bits per heavy atom. The largest absolute Gasteiger partial charge is 0.493 e. The van der Waals surface area contributed by atoms with Crippen molar-refractivity contribution in [3.8, 4) is 17.2 Å². The van der Waals surface area contributed by atoms with E-state index in [1.807, 2.05) is 41.3 Å². The van der Waals surface area contributed by atoms with Gasteiger partial charge in [-0.1, -0.05) is 67.2 Å². The maximum atomic E-state index is 13.9. The van der Waals surface area contributed by atoms with E-state index in [1.165, 1.54) is 14.2 Å². The normalized spacial score (nSPS) is 16.4. The summed E-state index contributed by atoms with van der Waals surface area (Å²) < 4.78 is 16.7. The molecule has 13 nitrogen and oxygen atoms in total. The lowest BCUT2D eigenvalue weighted by Gasteiger charge is -2.35. The first-order valence-corrected chi connectivity index (χ1v) is 18.2. The summed E-state index contributed by atoms with van der Waals surface area (Å²) in [5, 5.41) is 3.45. The molecule has 2 unspecified atom stereocenters. The van der Waals surface area contributed by atoms with Crippen LogP contribution >= 0.6 is 11.8 Å². The average molecular weight is 727 g/mol. The van der Waals surface area contributed by atoms with E-state index < -0.39 is 12.0 Å². The second-order valence-corrected chi connectivity index (χ2v) is 13.6. The summed E-state index contributed by atoms with van der Waals surface area (Å²) in [5.41, 5.74) is 1.11. The summed E-state index contributed by atoms with van der Waals surface area (Å²) >= 11 is 1.10. The van der Waals surface area contributed by atoms with Gasteiger partial charge in [-0.2, -0.15) is 4.98 Å². The van der Waals surface area contributed by atoms with Crippen LogP contribution in [0.5, 0.6) is 17.2 Å². The Morgan fingerprint density at radius 2 is 1.56 bits per heavy atom. The molecule has 0 radical (unpaired) electrons. The summed E-state index contributed by atoms with van der Waals surface area (Å²) in [6, 6.07) is 20.9. The van der Waals surface area contributed by atoms with Crippen molar-refractivity contribution < 1.29 is 33.4 Å². The van der Waals surface area contributed by atoms with Crippen molar-refractivity contribution in [2.24, 2.45) is 5.92 Å². The minimum Gasteiger partial charge on any atom is -0.493 e. The number of methoxy groups -OCH3 is 2. The number of benzene rings is 3. The van der Waals surface area contributed by atoms with Crippen LogP contribution in [0.15, 0.2) is 72.8 Å². The van der Waals surface area contributed by atoms with Crippen molar-refractivity contribution in [2.75, 3.05) is 69.5 Å². The van der Waals surface area contributed by atoms with E-state index in [9.17, 15) is 19.2 Å². The first kappa shape index (κ1) is 36.4. The van der Waals surface area contributed by atoms with E-state index in [1.54, 1.807) is 53.1 Å². The number of carbonyl (C=O) groups is 4. The Kier molecular flexibility index (Phi) is 11.7. The van der Waals surface area contributed by atoms with Gasteiger partial charge in [0.25, 0.3) is 5.91 Å². The molecule has 2 saturated heterocycles. The summed E-state index contributed by atoms with van der Waals surface area (Å²) in [6.45, 7) is 4.00. The number of para-hydroxylation sites is 1. The quantitative estimate of drug-likeness (QED) is 0.220. The molecule has 0 saturated carbocycles. The first-order valence-electron chi connectivity index (χ1n) is 17.2. The fourth-order valence-corrected chi connectivity index (χ4v) is 7.15. The Hall–Kier alpha value is -5.37. The predicted molar refractivity (Wildman–Crippen MR) is 199 cm³/mol. The predicted octanol–water partition coefficient (Wildman–Crippen LogP) is 4.51. The monoisotopic (exact) mass is 726 g/mol.